The van der Waals surface area contributed by atoms with E-state index in [-0.39, 0.29) is 17.9 Å². The van der Waals surface area contributed by atoms with Gasteiger partial charge in [0.25, 0.3) is 0 Å². The van der Waals surface area contributed by atoms with Crippen molar-refractivity contribution in [1.82, 2.24) is 20.0 Å². The van der Waals surface area contributed by atoms with E-state index in [9.17, 15) is 9.90 Å². The fourth-order valence-corrected chi connectivity index (χ4v) is 3.73. The highest BCUT2D eigenvalue weighted by atomic mass is 16.3. The molecule has 6 nitrogen and oxygen atoms in total. The predicted molar refractivity (Wildman–Crippen MR) is 100 cm³/mol. The number of hydrogen-bond donors (Lipinski definition) is 2. The van der Waals surface area contributed by atoms with Gasteiger partial charge in [0.2, 0.25) is 5.91 Å². The van der Waals surface area contributed by atoms with Gasteiger partial charge in [0.15, 0.2) is 0 Å². The van der Waals surface area contributed by atoms with Gasteiger partial charge in [-0.1, -0.05) is 30.3 Å². The number of nitrogens with zero attached hydrogens (tertiary/aromatic N) is 3. The molecule has 0 bridgehead atoms. The number of aliphatic hydroxyl groups excluding tert-OH is 1. The van der Waals surface area contributed by atoms with Crippen LogP contribution in [-0.4, -0.2) is 51.4 Å². The molecule has 6 heteroatoms. The molecule has 1 saturated carbocycles. The van der Waals surface area contributed by atoms with Crippen LogP contribution in [0.3, 0.4) is 0 Å². The summed E-state index contributed by atoms with van der Waals surface area (Å²) in [6.45, 7) is 3.87. The zero-order valence-corrected chi connectivity index (χ0v) is 15.5. The van der Waals surface area contributed by atoms with Crippen molar-refractivity contribution in [3.63, 3.8) is 0 Å². The molecule has 1 aliphatic carbocycles. The van der Waals surface area contributed by atoms with E-state index in [0.717, 1.165) is 25.1 Å². The van der Waals surface area contributed by atoms with Gasteiger partial charge in [0, 0.05) is 25.3 Å². The third-order valence-corrected chi connectivity index (χ3v) is 5.17. The number of benzene rings is 1. The lowest BCUT2D eigenvalue weighted by Gasteiger charge is -2.28. The molecular weight excluding hydrogens is 328 g/mol. The first kappa shape index (κ1) is 18.6. The van der Waals surface area contributed by atoms with E-state index in [1.165, 1.54) is 5.56 Å². The van der Waals surface area contributed by atoms with Crippen LogP contribution in [-0.2, 0) is 17.9 Å². The topological polar surface area (TPSA) is 70.4 Å². The van der Waals surface area contributed by atoms with E-state index >= 15 is 0 Å². The Labute approximate surface area is 154 Å². The molecule has 0 radical (unpaired) electrons. The number of amides is 1. The molecule has 1 aromatic heterocycles. The molecule has 1 aromatic carbocycles. The highest BCUT2D eigenvalue weighted by molar-refractivity contribution is 5.79. The van der Waals surface area contributed by atoms with Crippen LogP contribution in [0.2, 0.25) is 0 Å². The molecule has 0 saturated heterocycles. The Kier molecular flexibility index (Phi) is 6.06. The molecule has 2 aromatic rings. The minimum atomic E-state index is -0.629. The SMILES string of the molecule is Cc1ccn(CCNC(=O)[C@@H]2CC[C@@H](N(C)Cc3ccccc3)[C@H]2O)n1. The Bertz CT molecular complexity index is 716. The molecule has 1 fully saturated rings. The monoisotopic (exact) mass is 356 g/mol. The second-order valence-corrected chi connectivity index (χ2v) is 7.15. The average Bonchev–Trinajstić information content (AvgIpc) is 3.21. The zero-order chi connectivity index (χ0) is 18.5. The molecule has 3 atom stereocenters. The van der Waals surface area contributed by atoms with E-state index in [1.807, 2.05) is 49.1 Å². The first-order chi connectivity index (χ1) is 12.5. The lowest BCUT2D eigenvalue weighted by Crippen LogP contribution is -2.44. The highest BCUT2D eigenvalue weighted by Gasteiger charge is 2.40. The molecule has 26 heavy (non-hydrogen) atoms. The van der Waals surface area contributed by atoms with E-state index in [0.29, 0.717) is 13.1 Å². The third kappa shape index (κ3) is 4.51. The van der Waals surface area contributed by atoms with Gasteiger partial charge >= 0.3 is 0 Å². The summed E-state index contributed by atoms with van der Waals surface area (Å²) < 4.78 is 1.82. The minimum Gasteiger partial charge on any atom is -0.391 e. The highest BCUT2D eigenvalue weighted by Crippen LogP contribution is 2.30. The number of aromatic nitrogens is 2. The fraction of sp³-hybridized carbons (Fsp3) is 0.500. The van der Waals surface area contributed by atoms with Crippen molar-refractivity contribution in [3.8, 4) is 0 Å². The summed E-state index contributed by atoms with van der Waals surface area (Å²) in [7, 11) is 2.02. The minimum absolute atomic E-state index is 0.0136. The molecule has 0 aliphatic heterocycles. The van der Waals surface area contributed by atoms with Crippen LogP contribution in [0.1, 0.15) is 24.1 Å². The fourth-order valence-electron chi connectivity index (χ4n) is 3.73. The van der Waals surface area contributed by atoms with Crippen molar-refractivity contribution in [3.05, 3.63) is 53.9 Å². The van der Waals surface area contributed by atoms with Crippen molar-refractivity contribution < 1.29 is 9.90 Å². The maximum absolute atomic E-state index is 12.5. The molecule has 2 N–H and O–H groups in total. The summed E-state index contributed by atoms with van der Waals surface area (Å²) in [4.78, 5) is 14.6. The Balaban J connectivity index is 1.48. The lowest BCUT2D eigenvalue weighted by molar-refractivity contribution is -0.128. The average molecular weight is 356 g/mol. The first-order valence-corrected chi connectivity index (χ1v) is 9.24. The van der Waals surface area contributed by atoms with Crippen LogP contribution in [0.15, 0.2) is 42.6 Å². The smallest absolute Gasteiger partial charge is 0.225 e. The summed E-state index contributed by atoms with van der Waals surface area (Å²) in [6.07, 6.45) is 2.83. The number of likely N-dealkylation sites (N-methyl/N-ethyl adjacent to an activating group) is 1. The number of aliphatic hydroxyl groups is 1. The van der Waals surface area contributed by atoms with Crippen molar-refractivity contribution >= 4 is 5.91 Å². The number of nitrogens with one attached hydrogen (secondary N) is 1. The van der Waals surface area contributed by atoms with Crippen molar-refractivity contribution in [2.24, 2.45) is 5.92 Å². The van der Waals surface area contributed by atoms with Crippen molar-refractivity contribution in [2.75, 3.05) is 13.6 Å². The second-order valence-electron chi connectivity index (χ2n) is 7.15. The van der Waals surface area contributed by atoms with Crippen LogP contribution in [0.4, 0.5) is 0 Å². The molecule has 3 rings (SSSR count). The van der Waals surface area contributed by atoms with Crippen molar-refractivity contribution in [2.45, 2.75) is 45.0 Å². The molecule has 1 aliphatic rings. The summed E-state index contributed by atoms with van der Waals surface area (Å²) >= 11 is 0. The summed E-state index contributed by atoms with van der Waals surface area (Å²) in [5.41, 5.74) is 2.18. The van der Waals surface area contributed by atoms with Crippen molar-refractivity contribution in [1.29, 1.82) is 0 Å². The summed E-state index contributed by atoms with van der Waals surface area (Å²) in [6, 6.07) is 12.2. The molecule has 1 amide bonds. The number of aryl methyl sites for hydroxylation is 1. The van der Waals surface area contributed by atoms with Crippen LogP contribution >= 0.6 is 0 Å². The summed E-state index contributed by atoms with van der Waals surface area (Å²) in [5, 5.41) is 17.9. The van der Waals surface area contributed by atoms with Gasteiger partial charge in [-0.05, 0) is 38.4 Å². The van der Waals surface area contributed by atoms with Gasteiger partial charge in [-0.3, -0.25) is 14.4 Å². The summed E-state index contributed by atoms with van der Waals surface area (Å²) in [5.74, 6) is -0.394. The van der Waals surface area contributed by atoms with Crippen LogP contribution in [0.25, 0.3) is 0 Å². The molecule has 140 valence electrons. The molecule has 0 unspecified atom stereocenters. The lowest BCUT2D eigenvalue weighted by atomic mass is 10.0. The van der Waals surface area contributed by atoms with Crippen LogP contribution in [0, 0.1) is 12.8 Å². The normalized spacial score (nSPS) is 22.7. The van der Waals surface area contributed by atoms with Gasteiger partial charge in [0.1, 0.15) is 0 Å². The van der Waals surface area contributed by atoms with E-state index in [1.54, 1.807) is 0 Å². The zero-order valence-electron chi connectivity index (χ0n) is 15.5. The number of rotatable bonds is 7. The second kappa shape index (κ2) is 8.47. The standard InChI is InChI=1S/C20H28N4O2/c1-15-10-12-24(22-15)13-11-21-20(26)17-8-9-18(19(17)25)23(2)14-16-6-4-3-5-7-16/h3-7,10,12,17-19,25H,8-9,11,13-14H2,1-2H3,(H,21,26)/t17-,18-,19+/m1/s1. The number of carbonyl (C=O) groups is 1. The van der Waals surface area contributed by atoms with Gasteiger partial charge in [-0.25, -0.2) is 0 Å². The largest absolute Gasteiger partial charge is 0.391 e. The van der Waals surface area contributed by atoms with Gasteiger partial charge in [-0.2, -0.15) is 5.10 Å². The maximum atomic E-state index is 12.5. The first-order valence-electron chi connectivity index (χ1n) is 9.24. The number of hydrogen-bond acceptors (Lipinski definition) is 4. The molecule has 0 spiro atoms. The van der Waals surface area contributed by atoms with Gasteiger partial charge < -0.3 is 10.4 Å². The Hall–Kier alpha value is -2.18. The van der Waals surface area contributed by atoms with E-state index < -0.39 is 6.10 Å². The third-order valence-electron chi connectivity index (χ3n) is 5.17. The molecular formula is C20H28N4O2. The molecule has 1 heterocycles. The van der Waals surface area contributed by atoms with E-state index in [4.69, 9.17) is 0 Å². The van der Waals surface area contributed by atoms with Crippen LogP contribution in [0.5, 0.6) is 0 Å². The van der Waals surface area contributed by atoms with E-state index in [2.05, 4.69) is 27.4 Å². The number of carbonyl (C=O) groups excluding carboxylic acids is 1. The Morgan fingerprint density at radius 2 is 2.08 bits per heavy atom. The Morgan fingerprint density at radius 3 is 2.77 bits per heavy atom. The Morgan fingerprint density at radius 1 is 1.31 bits per heavy atom. The quantitative estimate of drug-likeness (QED) is 0.790. The van der Waals surface area contributed by atoms with Crippen LogP contribution < -0.4 is 5.32 Å². The predicted octanol–water partition coefficient (Wildman–Crippen LogP) is 1.58. The maximum Gasteiger partial charge on any atom is 0.225 e. The van der Waals surface area contributed by atoms with Gasteiger partial charge in [-0.15, -0.1) is 0 Å². The van der Waals surface area contributed by atoms with Gasteiger partial charge in [0.05, 0.1) is 24.3 Å².